The van der Waals surface area contributed by atoms with E-state index in [-0.39, 0.29) is 49.3 Å². The molecule has 0 saturated carbocycles. The number of primary amides is 1. The molecule has 9 atom stereocenters. The number of benzene rings is 1. The van der Waals surface area contributed by atoms with Gasteiger partial charge in [0.25, 0.3) is 0 Å². The summed E-state index contributed by atoms with van der Waals surface area (Å²) in [6.07, 6.45) is -0.0598. The van der Waals surface area contributed by atoms with Crippen molar-refractivity contribution in [2.75, 3.05) is 13.1 Å². The lowest BCUT2D eigenvalue weighted by Gasteiger charge is -2.33. The summed E-state index contributed by atoms with van der Waals surface area (Å²) in [6, 6.07) is -3.04. The van der Waals surface area contributed by atoms with Gasteiger partial charge in [-0.2, -0.15) is 0 Å². The van der Waals surface area contributed by atoms with Gasteiger partial charge in [-0.05, 0) is 68.6 Å². The molecule has 58 heavy (non-hydrogen) atoms. The van der Waals surface area contributed by atoms with E-state index in [0.29, 0.717) is 37.8 Å². The van der Waals surface area contributed by atoms with Gasteiger partial charge in [-0.15, -0.1) is 0 Å². The number of carboxylic acid groups (broad SMARTS) is 1. The standard InChI is InChI=1S/C39H60N8O11/c1-6-21(4)31(41)38(56)47-16-8-10-29(47)37(55)46-15-7-9-28(46)35(53)43-25(18-23-11-13-24(49)14-12-23)33(51)42-26(19-30(40)50)34(52)45-32(22(5)48)36(54)44-27(39(57)58)17-20(2)3/h11-14,20-22,25-29,31-32,48-49H,6-10,15-19,41H2,1-5H3,(H2,40,50)(H,42,51)(H,43,53)(H,44,54)(H,45,52)(H,57,58)/t21-,22+,25-,26-,27-,28-,29-,31-,32-/m0/s1. The van der Waals surface area contributed by atoms with Crippen LogP contribution in [0.3, 0.4) is 0 Å². The number of likely N-dealkylation sites (tertiary alicyclic amines) is 2. The number of nitrogens with zero attached hydrogens (tertiary/aromatic N) is 2. The Labute approximate surface area is 338 Å². The van der Waals surface area contributed by atoms with Crippen LogP contribution in [0.15, 0.2) is 24.3 Å². The van der Waals surface area contributed by atoms with Crippen LogP contribution < -0.4 is 32.7 Å². The third-order valence-corrected chi connectivity index (χ3v) is 10.6. The summed E-state index contributed by atoms with van der Waals surface area (Å²) in [5, 5.41) is 39.4. The predicted octanol–water partition coefficient (Wildman–Crippen LogP) is -1.38. The third kappa shape index (κ3) is 12.9. The maximum atomic E-state index is 14.0. The van der Waals surface area contributed by atoms with Crippen molar-refractivity contribution in [2.45, 2.75) is 134 Å². The molecule has 3 rings (SSSR count). The van der Waals surface area contributed by atoms with E-state index < -0.39 is 96.2 Å². The second-order valence-electron chi connectivity index (χ2n) is 15.7. The fraction of sp³-hybridized carbons (Fsp3) is 0.641. The molecule has 2 heterocycles. The predicted molar refractivity (Wildman–Crippen MR) is 209 cm³/mol. The highest BCUT2D eigenvalue weighted by Gasteiger charge is 2.44. The molecular weight excluding hydrogens is 756 g/mol. The Morgan fingerprint density at radius 2 is 1.36 bits per heavy atom. The molecule has 0 spiro atoms. The van der Waals surface area contributed by atoms with Crippen LogP contribution in [-0.4, -0.2) is 134 Å². The van der Waals surface area contributed by atoms with E-state index in [1.165, 1.54) is 41.0 Å². The molecule has 2 aliphatic rings. The third-order valence-electron chi connectivity index (χ3n) is 10.6. The normalized spacial score (nSPS) is 20.2. The van der Waals surface area contributed by atoms with Crippen molar-refractivity contribution >= 4 is 47.3 Å². The number of aliphatic carboxylic acids is 1. The van der Waals surface area contributed by atoms with Gasteiger partial charge in [0, 0.05) is 19.5 Å². The van der Waals surface area contributed by atoms with E-state index in [4.69, 9.17) is 11.5 Å². The van der Waals surface area contributed by atoms with Crippen LogP contribution in [0.5, 0.6) is 5.75 Å². The summed E-state index contributed by atoms with van der Waals surface area (Å²) in [5.74, 6) is -7.18. The minimum atomic E-state index is -1.72. The highest BCUT2D eigenvalue weighted by atomic mass is 16.4. The van der Waals surface area contributed by atoms with Crippen LogP contribution in [0.25, 0.3) is 0 Å². The summed E-state index contributed by atoms with van der Waals surface area (Å²) in [7, 11) is 0. The van der Waals surface area contributed by atoms with Crippen LogP contribution in [0.4, 0.5) is 0 Å². The maximum absolute atomic E-state index is 14.0. The Morgan fingerprint density at radius 3 is 1.91 bits per heavy atom. The van der Waals surface area contributed by atoms with E-state index in [2.05, 4.69) is 21.3 Å². The fourth-order valence-electron chi connectivity index (χ4n) is 7.11. The quantitative estimate of drug-likeness (QED) is 0.0736. The van der Waals surface area contributed by atoms with Gasteiger partial charge in [-0.3, -0.25) is 33.6 Å². The number of carbonyl (C=O) groups is 8. The van der Waals surface area contributed by atoms with Gasteiger partial charge in [-0.1, -0.05) is 46.2 Å². The van der Waals surface area contributed by atoms with Crippen molar-refractivity contribution in [3.63, 3.8) is 0 Å². The second-order valence-corrected chi connectivity index (χ2v) is 15.7. The number of nitrogens with one attached hydrogen (secondary N) is 4. The van der Waals surface area contributed by atoms with Crippen LogP contribution in [0.2, 0.25) is 0 Å². The van der Waals surface area contributed by atoms with Gasteiger partial charge in [0.05, 0.1) is 18.6 Å². The molecule has 7 amide bonds. The molecule has 0 aliphatic carbocycles. The number of aliphatic hydroxyl groups excluding tert-OH is 1. The first kappa shape index (κ1) is 47.1. The topological polar surface area (TPSA) is 304 Å². The molecule has 0 radical (unpaired) electrons. The van der Waals surface area contributed by atoms with Crippen molar-refractivity contribution in [1.29, 1.82) is 0 Å². The first-order valence-corrected chi connectivity index (χ1v) is 19.8. The van der Waals surface area contributed by atoms with Crippen molar-refractivity contribution in [2.24, 2.45) is 23.3 Å². The number of amides is 7. The number of phenols is 1. The van der Waals surface area contributed by atoms with Gasteiger partial charge >= 0.3 is 5.97 Å². The number of hydrogen-bond donors (Lipinski definition) is 9. The van der Waals surface area contributed by atoms with Crippen LogP contribution in [0.1, 0.15) is 85.1 Å². The SMILES string of the molecule is CC[C@H](C)[C@H](N)C(=O)N1CCC[C@H]1C(=O)N1CCC[C@H]1C(=O)N[C@@H](Cc1ccc(O)cc1)C(=O)N[C@@H](CC(N)=O)C(=O)N[C@H](C(=O)N[C@@H](CC(C)C)C(=O)O)[C@@H](C)O. The van der Waals surface area contributed by atoms with E-state index >= 15 is 0 Å². The Balaban J connectivity index is 1.84. The summed E-state index contributed by atoms with van der Waals surface area (Å²) >= 11 is 0. The average Bonchev–Trinajstić information content (AvgIpc) is 3.86. The van der Waals surface area contributed by atoms with Crippen LogP contribution in [0, 0.1) is 11.8 Å². The Hall–Kier alpha value is -5.30. The van der Waals surface area contributed by atoms with Gasteiger partial charge in [0.1, 0.15) is 42.0 Å². The van der Waals surface area contributed by atoms with E-state index in [0.717, 1.165) is 0 Å². The molecule has 322 valence electrons. The van der Waals surface area contributed by atoms with Gasteiger partial charge < -0.3 is 57.9 Å². The smallest absolute Gasteiger partial charge is 0.326 e. The van der Waals surface area contributed by atoms with Crippen LogP contribution >= 0.6 is 0 Å². The van der Waals surface area contributed by atoms with Crippen molar-refractivity contribution in [1.82, 2.24) is 31.1 Å². The van der Waals surface area contributed by atoms with E-state index in [1.807, 2.05) is 13.8 Å². The van der Waals surface area contributed by atoms with Gasteiger partial charge in [-0.25, -0.2) is 4.79 Å². The van der Waals surface area contributed by atoms with Crippen molar-refractivity contribution in [3.8, 4) is 5.75 Å². The van der Waals surface area contributed by atoms with Gasteiger partial charge in [0.15, 0.2) is 0 Å². The van der Waals surface area contributed by atoms with E-state index in [1.54, 1.807) is 13.8 Å². The molecule has 1 aromatic carbocycles. The number of nitrogens with two attached hydrogens (primary N) is 2. The highest BCUT2D eigenvalue weighted by molar-refractivity contribution is 5.98. The molecule has 0 bridgehead atoms. The molecule has 2 fully saturated rings. The molecule has 0 aromatic heterocycles. The molecular formula is C39H60N8O11. The molecule has 19 nitrogen and oxygen atoms in total. The number of aliphatic hydroxyl groups is 1. The number of hydrogen-bond acceptors (Lipinski definition) is 11. The molecule has 19 heteroatoms. The molecule has 11 N–H and O–H groups in total. The summed E-state index contributed by atoms with van der Waals surface area (Å²) in [5.41, 5.74) is 12.1. The molecule has 0 unspecified atom stereocenters. The lowest BCUT2D eigenvalue weighted by Crippen LogP contribution is -2.61. The summed E-state index contributed by atoms with van der Waals surface area (Å²) < 4.78 is 0. The summed E-state index contributed by atoms with van der Waals surface area (Å²) in [6.45, 7) is 9.02. The molecule has 2 saturated heterocycles. The fourth-order valence-corrected chi connectivity index (χ4v) is 7.11. The number of carbonyl (C=O) groups excluding carboxylic acids is 7. The number of aromatic hydroxyl groups is 1. The number of carboxylic acids is 1. The maximum Gasteiger partial charge on any atom is 0.326 e. The Bertz CT molecular complexity index is 1660. The van der Waals surface area contributed by atoms with Crippen molar-refractivity contribution in [3.05, 3.63) is 29.8 Å². The lowest BCUT2D eigenvalue weighted by atomic mass is 9.98. The highest BCUT2D eigenvalue weighted by Crippen LogP contribution is 2.27. The minimum Gasteiger partial charge on any atom is -0.508 e. The average molecular weight is 817 g/mol. The summed E-state index contributed by atoms with van der Waals surface area (Å²) in [4.78, 5) is 109. The lowest BCUT2D eigenvalue weighted by molar-refractivity contribution is -0.147. The molecule has 1 aromatic rings. The zero-order valence-corrected chi connectivity index (χ0v) is 33.8. The first-order valence-electron chi connectivity index (χ1n) is 19.8. The van der Waals surface area contributed by atoms with Gasteiger partial charge in [0.2, 0.25) is 41.4 Å². The first-order chi connectivity index (χ1) is 27.2. The molecule has 2 aliphatic heterocycles. The number of rotatable bonds is 20. The van der Waals surface area contributed by atoms with Crippen molar-refractivity contribution < 1.29 is 53.7 Å². The van der Waals surface area contributed by atoms with E-state index in [9.17, 15) is 53.7 Å². The monoisotopic (exact) mass is 816 g/mol. The largest absolute Gasteiger partial charge is 0.508 e. The Morgan fingerprint density at radius 1 is 0.793 bits per heavy atom. The Kier molecular flexibility index (Phi) is 17.4. The zero-order valence-electron chi connectivity index (χ0n) is 33.8. The second kappa shape index (κ2) is 21.5. The minimum absolute atomic E-state index is 0.0502. The number of phenolic OH excluding ortho intramolecular Hbond substituents is 1. The zero-order chi connectivity index (χ0) is 43.4. The van der Waals surface area contributed by atoms with Crippen LogP contribution in [-0.2, 0) is 44.8 Å².